The summed E-state index contributed by atoms with van der Waals surface area (Å²) in [7, 11) is 0. The maximum atomic E-state index is 5.34. The van der Waals surface area contributed by atoms with Gasteiger partial charge in [0.1, 0.15) is 6.23 Å². The summed E-state index contributed by atoms with van der Waals surface area (Å²) in [6.07, 6.45) is 3.98. The maximum Gasteiger partial charge on any atom is 0.108 e. The molecule has 9 heavy (non-hydrogen) atoms. The van der Waals surface area contributed by atoms with Gasteiger partial charge in [-0.05, 0) is 25.8 Å². The van der Waals surface area contributed by atoms with E-state index >= 15 is 0 Å². The topological polar surface area (TPSA) is 21.3 Å². The summed E-state index contributed by atoms with van der Waals surface area (Å²) >= 11 is 0. The summed E-state index contributed by atoms with van der Waals surface area (Å²) in [5, 5.41) is 3.31. The SMILES string of the molecule is CCCNC1CCCO1. The van der Waals surface area contributed by atoms with E-state index in [1.165, 1.54) is 19.3 Å². The molecule has 1 atom stereocenters. The lowest BCUT2D eigenvalue weighted by Gasteiger charge is -2.09. The molecule has 0 aliphatic carbocycles. The smallest absolute Gasteiger partial charge is 0.108 e. The third-order valence-electron chi connectivity index (χ3n) is 1.55. The van der Waals surface area contributed by atoms with E-state index in [2.05, 4.69) is 12.2 Å². The number of hydrogen-bond acceptors (Lipinski definition) is 2. The molecule has 1 heterocycles. The zero-order valence-electron chi connectivity index (χ0n) is 6.02. The molecule has 0 aromatic heterocycles. The van der Waals surface area contributed by atoms with Gasteiger partial charge >= 0.3 is 0 Å². The Morgan fingerprint density at radius 2 is 2.56 bits per heavy atom. The first-order valence-corrected chi connectivity index (χ1v) is 3.78. The predicted octanol–water partition coefficient (Wildman–Crippen LogP) is 1.12. The molecule has 0 aromatic carbocycles. The lowest BCUT2D eigenvalue weighted by atomic mass is 10.3. The molecular formula is C7H15NO. The first-order chi connectivity index (χ1) is 4.43. The van der Waals surface area contributed by atoms with Crippen LogP contribution in [0.5, 0.6) is 0 Å². The van der Waals surface area contributed by atoms with E-state index in [-0.39, 0.29) is 0 Å². The van der Waals surface area contributed by atoms with E-state index < -0.39 is 0 Å². The fraction of sp³-hybridized carbons (Fsp3) is 1.00. The zero-order chi connectivity index (χ0) is 6.53. The summed E-state index contributed by atoms with van der Waals surface area (Å²) in [6, 6.07) is 0. The van der Waals surface area contributed by atoms with Gasteiger partial charge in [0.25, 0.3) is 0 Å². The summed E-state index contributed by atoms with van der Waals surface area (Å²) in [6.45, 7) is 4.20. The average molecular weight is 129 g/mol. The Morgan fingerprint density at radius 3 is 3.11 bits per heavy atom. The molecule has 2 nitrogen and oxygen atoms in total. The lowest BCUT2D eigenvalue weighted by molar-refractivity contribution is 0.0845. The first kappa shape index (κ1) is 7.03. The van der Waals surface area contributed by atoms with Gasteiger partial charge in [-0.1, -0.05) is 6.92 Å². The molecule has 1 saturated heterocycles. The third-order valence-corrected chi connectivity index (χ3v) is 1.55. The van der Waals surface area contributed by atoms with Crippen LogP contribution in [0.25, 0.3) is 0 Å². The van der Waals surface area contributed by atoms with Gasteiger partial charge in [0.15, 0.2) is 0 Å². The van der Waals surface area contributed by atoms with Crippen LogP contribution in [0.3, 0.4) is 0 Å². The molecule has 1 aliphatic rings. The van der Waals surface area contributed by atoms with Crippen molar-refractivity contribution < 1.29 is 4.74 Å². The average Bonchev–Trinajstić information content (AvgIpc) is 2.34. The van der Waals surface area contributed by atoms with E-state index in [4.69, 9.17) is 4.74 Å². The van der Waals surface area contributed by atoms with Crippen LogP contribution in [0.2, 0.25) is 0 Å². The van der Waals surface area contributed by atoms with Crippen LogP contribution >= 0.6 is 0 Å². The maximum absolute atomic E-state index is 5.34. The summed E-state index contributed by atoms with van der Waals surface area (Å²) < 4.78 is 5.34. The van der Waals surface area contributed by atoms with Crippen molar-refractivity contribution in [2.24, 2.45) is 0 Å². The Kier molecular flexibility index (Phi) is 3.01. The van der Waals surface area contributed by atoms with Gasteiger partial charge in [0, 0.05) is 6.61 Å². The highest BCUT2D eigenvalue weighted by Crippen LogP contribution is 2.08. The second-order valence-electron chi connectivity index (χ2n) is 2.46. The molecule has 1 aliphatic heterocycles. The van der Waals surface area contributed by atoms with E-state index in [9.17, 15) is 0 Å². The minimum atomic E-state index is 0.366. The van der Waals surface area contributed by atoms with Gasteiger partial charge < -0.3 is 4.74 Å². The molecule has 2 heteroatoms. The number of rotatable bonds is 3. The first-order valence-electron chi connectivity index (χ1n) is 3.78. The van der Waals surface area contributed by atoms with E-state index in [0.29, 0.717) is 6.23 Å². The molecule has 0 bridgehead atoms. The van der Waals surface area contributed by atoms with Crippen molar-refractivity contribution in [1.29, 1.82) is 0 Å². The predicted molar refractivity (Wildman–Crippen MR) is 37.3 cm³/mol. The summed E-state index contributed by atoms with van der Waals surface area (Å²) in [4.78, 5) is 0. The van der Waals surface area contributed by atoms with Crippen LogP contribution in [-0.4, -0.2) is 19.4 Å². The number of ether oxygens (including phenoxy) is 1. The van der Waals surface area contributed by atoms with Gasteiger partial charge in [-0.25, -0.2) is 0 Å². The van der Waals surface area contributed by atoms with E-state index in [1.54, 1.807) is 0 Å². The Bertz CT molecular complexity index is 69.3. The van der Waals surface area contributed by atoms with Crippen LogP contribution in [0.4, 0.5) is 0 Å². The van der Waals surface area contributed by atoms with Crippen LogP contribution < -0.4 is 5.32 Å². The molecule has 1 N–H and O–H groups in total. The molecule has 1 unspecified atom stereocenters. The molecular weight excluding hydrogens is 114 g/mol. The van der Waals surface area contributed by atoms with Gasteiger partial charge in [-0.3, -0.25) is 5.32 Å². The van der Waals surface area contributed by atoms with Crippen molar-refractivity contribution in [3.8, 4) is 0 Å². The van der Waals surface area contributed by atoms with Gasteiger partial charge in [-0.15, -0.1) is 0 Å². The van der Waals surface area contributed by atoms with Crippen LogP contribution in [-0.2, 0) is 4.74 Å². The van der Waals surface area contributed by atoms with Crippen LogP contribution in [0.1, 0.15) is 26.2 Å². The number of nitrogens with one attached hydrogen (secondary N) is 1. The summed E-state index contributed by atoms with van der Waals surface area (Å²) in [5.74, 6) is 0. The zero-order valence-corrected chi connectivity index (χ0v) is 6.02. The molecule has 1 rings (SSSR count). The van der Waals surface area contributed by atoms with Crippen molar-refractivity contribution in [2.45, 2.75) is 32.4 Å². The molecule has 54 valence electrons. The van der Waals surface area contributed by atoms with Crippen molar-refractivity contribution in [3.63, 3.8) is 0 Å². The normalized spacial score (nSPS) is 27.0. The van der Waals surface area contributed by atoms with Crippen molar-refractivity contribution in [2.75, 3.05) is 13.2 Å². The van der Waals surface area contributed by atoms with Crippen molar-refractivity contribution in [3.05, 3.63) is 0 Å². The molecule has 0 saturated carbocycles. The fourth-order valence-electron chi connectivity index (χ4n) is 1.04. The Morgan fingerprint density at radius 1 is 1.67 bits per heavy atom. The van der Waals surface area contributed by atoms with Gasteiger partial charge in [0.2, 0.25) is 0 Å². The molecule has 0 amide bonds. The standard InChI is InChI=1S/C7H15NO/c1-2-5-8-7-4-3-6-9-7/h7-8H,2-6H2,1H3. The molecule has 0 radical (unpaired) electrons. The Labute approximate surface area is 56.6 Å². The highest BCUT2D eigenvalue weighted by atomic mass is 16.5. The second-order valence-corrected chi connectivity index (χ2v) is 2.46. The van der Waals surface area contributed by atoms with Crippen molar-refractivity contribution in [1.82, 2.24) is 5.32 Å². The Hall–Kier alpha value is -0.0800. The van der Waals surface area contributed by atoms with Gasteiger partial charge in [0.05, 0.1) is 0 Å². The van der Waals surface area contributed by atoms with E-state index in [1.807, 2.05) is 0 Å². The van der Waals surface area contributed by atoms with Crippen LogP contribution in [0.15, 0.2) is 0 Å². The quantitative estimate of drug-likeness (QED) is 0.616. The molecule has 1 fully saturated rings. The van der Waals surface area contributed by atoms with E-state index in [0.717, 1.165) is 13.2 Å². The lowest BCUT2D eigenvalue weighted by Crippen LogP contribution is -2.28. The van der Waals surface area contributed by atoms with Crippen LogP contribution in [0, 0.1) is 0 Å². The third kappa shape index (κ3) is 2.33. The highest BCUT2D eigenvalue weighted by Gasteiger charge is 2.12. The van der Waals surface area contributed by atoms with Crippen molar-refractivity contribution >= 4 is 0 Å². The molecule has 0 spiro atoms. The second kappa shape index (κ2) is 3.85. The Balaban J connectivity index is 1.98. The highest BCUT2D eigenvalue weighted by molar-refractivity contribution is 4.61. The largest absolute Gasteiger partial charge is 0.363 e. The van der Waals surface area contributed by atoms with Gasteiger partial charge in [-0.2, -0.15) is 0 Å². The minimum Gasteiger partial charge on any atom is -0.363 e. The monoisotopic (exact) mass is 129 g/mol. The number of hydrogen-bond donors (Lipinski definition) is 1. The fourth-order valence-corrected chi connectivity index (χ4v) is 1.04. The minimum absolute atomic E-state index is 0.366. The molecule has 0 aromatic rings. The summed E-state index contributed by atoms with van der Waals surface area (Å²) in [5.41, 5.74) is 0.